The van der Waals surface area contributed by atoms with Crippen LogP contribution in [0.1, 0.15) is 10.8 Å². The number of hydrogen-bond donors (Lipinski definition) is 1. The van der Waals surface area contributed by atoms with Crippen LogP contribution >= 0.6 is 11.8 Å². The summed E-state index contributed by atoms with van der Waals surface area (Å²) in [5.41, 5.74) is 0.791. The summed E-state index contributed by atoms with van der Waals surface area (Å²) in [6, 6.07) is 18.8. The summed E-state index contributed by atoms with van der Waals surface area (Å²) < 4.78 is 5.19. The highest BCUT2D eigenvalue weighted by molar-refractivity contribution is 8.00. The molecule has 0 aliphatic carbocycles. The van der Waals surface area contributed by atoms with Gasteiger partial charge in [-0.25, -0.2) is 0 Å². The van der Waals surface area contributed by atoms with Crippen LogP contribution in [0.4, 0.5) is 0 Å². The molecule has 27 heavy (non-hydrogen) atoms. The van der Waals surface area contributed by atoms with Gasteiger partial charge in [-0.2, -0.15) is 0 Å². The van der Waals surface area contributed by atoms with Gasteiger partial charge < -0.3 is 15.0 Å². The maximum atomic E-state index is 12.6. The van der Waals surface area contributed by atoms with E-state index in [0.29, 0.717) is 0 Å². The lowest BCUT2D eigenvalue weighted by Gasteiger charge is -2.16. The number of likely N-dealkylation sites (N-methyl/N-ethyl adjacent to an activating group) is 1. The lowest BCUT2D eigenvalue weighted by atomic mass is 10.1. The topological polar surface area (TPSA) is 75.7 Å². The third-order valence-corrected chi connectivity index (χ3v) is 4.84. The predicted octanol–water partition coefficient (Wildman–Crippen LogP) is 2.27. The first-order valence-corrected chi connectivity index (χ1v) is 9.25. The molecule has 0 heterocycles. The molecule has 0 saturated heterocycles. The van der Waals surface area contributed by atoms with E-state index < -0.39 is 23.7 Å². The molecule has 2 aromatic carbocycles. The number of carbonyl (C=O) groups excluding carboxylic acids is 3. The third kappa shape index (κ3) is 6.79. The number of nitrogens with zero attached hydrogens (tertiary/aromatic N) is 1. The molecule has 0 unspecified atom stereocenters. The molecule has 2 rings (SSSR count). The Morgan fingerprint density at radius 2 is 1.59 bits per heavy atom. The van der Waals surface area contributed by atoms with Crippen LogP contribution in [0.2, 0.25) is 0 Å². The molecule has 2 amide bonds. The number of carbonyl (C=O) groups is 3. The summed E-state index contributed by atoms with van der Waals surface area (Å²) >= 11 is 1.36. The van der Waals surface area contributed by atoms with Gasteiger partial charge in [0.05, 0.1) is 6.54 Å². The van der Waals surface area contributed by atoms with E-state index in [-0.39, 0.29) is 12.5 Å². The van der Waals surface area contributed by atoms with Crippen molar-refractivity contribution in [2.75, 3.05) is 27.2 Å². The molecule has 0 saturated carbocycles. The third-order valence-electron chi connectivity index (χ3n) is 3.59. The Kier molecular flexibility index (Phi) is 7.88. The van der Waals surface area contributed by atoms with Gasteiger partial charge in [0.25, 0.3) is 5.91 Å². The lowest BCUT2D eigenvalue weighted by molar-refractivity contribution is -0.148. The van der Waals surface area contributed by atoms with Crippen molar-refractivity contribution >= 4 is 29.5 Å². The van der Waals surface area contributed by atoms with E-state index in [1.54, 1.807) is 14.1 Å². The fourth-order valence-electron chi connectivity index (χ4n) is 2.11. The minimum Gasteiger partial charge on any atom is -0.454 e. The summed E-state index contributed by atoms with van der Waals surface area (Å²) in [6.45, 7) is -0.567. The number of benzene rings is 2. The Hall–Kier alpha value is -2.80. The zero-order valence-electron chi connectivity index (χ0n) is 15.3. The SMILES string of the molecule is CN(C)C(=O)CNC(=O)COC(=O)[C@H](Sc1ccccc1)c1ccccc1. The lowest BCUT2D eigenvalue weighted by Crippen LogP contribution is -2.38. The molecule has 1 atom stereocenters. The predicted molar refractivity (Wildman–Crippen MR) is 104 cm³/mol. The number of esters is 1. The van der Waals surface area contributed by atoms with Crippen LogP contribution in [0.25, 0.3) is 0 Å². The van der Waals surface area contributed by atoms with E-state index in [9.17, 15) is 14.4 Å². The normalized spacial score (nSPS) is 11.3. The molecule has 2 aromatic rings. The van der Waals surface area contributed by atoms with Crippen LogP contribution in [0.3, 0.4) is 0 Å². The molecular formula is C20H22N2O4S. The van der Waals surface area contributed by atoms with E-state index >= 15 is 0 Å². The van der Waals surface area contributed by atoms with Crippen molar-refractivity contribution in [3.05, 3.63) is 66.2 Å². The largest absolute Gasteiger partial charge is 0.454 e. The van der Waals surface area contributed by atoms with E-state index in [4.69, 9.17) is 4.74 Å². The van der Waals surface area contributed by atoms with E-state index in [0.717, 1.165) is 10.5 Å². The highest BCUT2D eigenvalue weighted by atomic mass is 32.2. The molecular weight excluding hydrogens is 364 g/mol. The number of thioether (sulfide) groups is 1. The summed E-state index contributed by atoms with van der Waals surface area (Å²) in [6.07, 6.45) is 0. The van der Waals surface area contributed by atoms with E-state index in [2.05, 4.69) is 5.32 Å². The van der Waals surface area contributed by atoms with Gasteiger partial charge in [0.2, 0.25) is 5.91 Å². The Bertz CT molecular complexity index is 766. The van der Waals surface area contributed by atoms with Crippen LogP contribution in [0, 0.1) is 0 Å². The van der Waals surface area contributed by atoms with Crippen LogP contribution < -0.4 is 5.32 Å². The molecule has 0 spiro atoms. The first kappa shape index (κ1) is 20.5. The smallest absolute Gasteiger partial charge is 0.324 e. The minimum atomic E-state index is -0.593. The fourth-order valence-corrected chi connectivity index (χ4v) is 3.15. The zero-order chi connectivity index (χ0) is 19.6. The summed E-state index contributed by atoms with van der Waals surface area (Å²) in [4.78, 5) is 38.2. The van der Waals surface area contributed by atoms with Gasteiger partial charge in [-0.05, 0) is 17.7 Å². The van der Waals surface area contributed by atoms with Gasteiger partial charge in [0.1, 0.15) is 5.25 Å². The minimum absolute atomic E-state index is 0.135. The summed E-state index contributed by atoms with van der Waals surface area (Å²) in [7, 11) is 3.19. The van der Waals surface area contributed by atoms with Gasteiger partial charge in [0, 0.05) is 19.0 Å². The van der Waals surface area contributed by atoms with Gasteiger partial charge in [-0.15, -0.1) is 11.8 Å². The number of nitrogens with one attached hydrogen (secondary N) is 1. The Labute approximate surface area is 162 Å². The highest BCUT2D eigenvalue weighted by Gasteiger charge is 2.24. The molecule has 0 aromatic heterocycles. The van der Waals surface area contributed by atoms with E-state index in [1.807, 2.05) is 60.7 Å². The molecule has 0 aliphatic rings. The monoisotopic (exact) mass is 386 g/mol. The zero-order valence-corrected chi connectivity index (χ0v) is 16.1. The van der Waals surface area contributed by atoms with Crippen molar-refractivity contribution in [2.24, 2.45) is 0 Å². The van der Waals surface area contributed by atoms with E-state index in [1.165, 1.54) is 16.7 Å². The maximum absolute atomic E-state index is 12.6. The van der Waals surface area contributed by atoms with Crippen molar-refractivity contribution in [3.8, 4) is 0 Å². The number of ether oxygens (including phenoxy) is 1. The Morgan fingerprint density at radius 1 is 1.00 bits per heavy atom. The Balaban J connectivity index is 1.97. The fraction of sp³-hybridized carbons (Fsp3) is 0.250. The molecule has 0 radical (unpaired) electrons. The number of rotatable bonds is 8. The average molecular weight is 386 g/mol. The van der Waals surface area contributed by atoms with Crippen molar-refractivity contribution in [1.29, 1.82) is 0 Å². The molecule has 142 valence electrons. The van der Waals surface area contributed by atoms with Crippen molar-refractivity contribution < 1.29 is 19.1 Å². The number of hydrogen-bond acceptors (Lipinski definition) is 5. The van der Waals surface area contributed by atoms with Gasteiger partial charge in [0.15, 0.2) is 6.61 Å². The van der Waals surface area contributed by atoms with Crippen molar-refractivity contribution in [3.63, 3.8) is 0 Å². The van der Waals surface area contributed by atoms with Gasteiger partial charge in [-0.3, -0.25) is 14.4 Å². The second kappa shape index (κ2) is 10.4. The first-order chi connectivity index (χ1) is 13.0. The second-order valence-electron chi connectivity index (χ2n) is 5.89. The number of amides is 2. The molecule has 6 nitrogen and oxygen atoms in total. The summed E-state index contributed by atoms with van der Waals surface area (Å²) in [5, 5.41) is 1.84. The van der Waals surface area contributed by atoms with Gasteiger partial charge in [-0.1, -0.05) is 48.5 Å². The van der Waals surface area contributed by atoms with Crippen LogP contribution in [0.5, 0.6) is 0 Å². The molecule has 7 heteroatoms. The molecule has 0 bridgehead atoms. The van der Waals surface area contributed by atoms with Crippen LogP contribution in [-0.2, 0) is 19.1 Å². The maximum Gasteiger partial charge on any atom is 0.324 e. The quantitative estimate of drug-likeness (QED) is 0.556. The van der Waals surface area contributed by atoms with Crippen LogP contribution in [-0.4, -0.2) is 49.9 Å². The van der Waals surface area contributed by atoms with Crippen LogP contribution in [0.15, 0.2) is 65.6 Å². The van der Waals surface area contributed by atoms with Crippen molar-refractivity contribution in [2.45, 2.75) is 10.1 Å². The molecule has 1 N–H and O–H groups in total. The Morgan fingerprint density at radius 3 is 2.19 bits per heavy atom. The standard InChI is InChI=1S/C20H22N2O4S/c1-22(2)18(24)13-21-17(23)14-26-20(25)19(15-9-5-3-6-10-15)27-16-11-7-4-8-12-16/h3-12,19H,13-14H2,1-2H3,(H,21,23)/t19-/m1/s1. The molecule has 0 aliphatic heterocycles. The van der Waals surface area contributed by atoms with Gasteiger partial charge >= 0.3 is 5.97 Å². The molecule has 0 fully saturated rings. The average Bonchev–Trinajstić information content (AvgIpc) is 2.69. The van der Waals surface area contributed by atoms with Crippen molar-refractivity contribution in [1.82, 2.24) is 10.2 Å². The second-order valence-corrected chi connectivity index (χ2v) is 7.07. The highest BCUT2D eigenvalue weighted by Crippen LogP contribution is 2.36. The first-order valence-electron chi connectivity index (χ1n) is 8.37. The summed E-state index contributed by atoms with van der Waals surface area (Å²) in [5.74, 6) is -1.27.